The molecule has 0 atom stereocenters. The molecule has 10 heteroatoms. The zero-order valence-corrected chi connectivity index (χ0v) is 17.6. The van der Waals surface area contributed by atoms with Crippen molar-refractivity contribution in [3.05, 3.63) is 35.9 Å². The number of nitrogens with zero attached hydrogens (tertiary/aromatic N) is 1. The number of rotatable bonds is 7. The zero-order chi connectivity index (χ0) is 22.0. The van der Waals surface area contributed by atoms with Crippen LogP contribution in [-0.4, -0.2) is 66.6 Å². The Morgan fingerprint density at radius 1 is 1.13 bits per heavy atom. The third-order valence-electron chi connectivity index (χ3n) is 4.68. The number of nitrogens with one attached hydrogen (secondary N) is 2. The van der Waals surface area contributed by atoms with Crippen LogP contribution in [0.25, 0.3) is 0 Å². The van der Waals surface area contributed by atoms with Gasteiger partial charge >= 0.3 is 24.1 Å². The lowest BCUT2D eigenvalue weighted by atomic mass is 9.87. The fourth-order valence-corrected chi connectivity index (χ4v) is 3.16. The van der Waals surface area contributed by atoms with Crippen LogP contribution in [0.4, 0.5) is 9.59 Å². The van der Waals surface area contributed by atoms with E-state index in [1.54, 1.807) is 37.3 Å². The third-order valence-corrected chi connectivity index (χ3v) is 4.95. The van der Waals surface area contributed by atoms with Gasteiger partial charge in [-0.2, -0.15) is 0 Å². The number of hydrogen-bond acceptors (Lipinski definition) is 6. The van der Waals surface area contributed by atoms with Gasteiger partial charge in [0.15, 0.2) is 0 Å². The van der Waals surface area contributed by atoms with Crippen LogP contribution in [-0.2, 0) is 14.3 Å². The van der Waals surface area contributed by atoms with E-state index in [1.807, 2.05) is 0 Å². The predicted molar refractivity (Wildman–Crippen MR) is 109 cm³/mol. The number of halogens is 1. The molecule has 0 unspecified atom stereocenters. The second-order valence-electron chi connectivity index (χ2n) is 6.73. The van der Waals surface area contributed by atoms with Gasteiger partial charge < -0.3 is 25.0 Å². The molecule has 1 aliphatic rings. The number of carbonyl (C=O) groups excluding carboxylic acids is 4. The first-order valence-corrected chi connectivity index (χ1v) is 10.3. The standard InChI is InChI=1S/C20H26ClN3O6/c1-2-29-17(26)20(23-18(27)22-12-6-11-21)9-13-24(14-10-20)19(28)30-16(25)15-7-4-3-5-8-15/h3-5,7-8H,2,6,9-14H2,1H3,(H2,22,23,27). The first-order valence-electron chi connectivity index (χ1n) is 9.77. The molecule has 1 aromatic rings. The van der Waals surface area contributed by atoms with Gasteiger partial charge in [-0.05, 0) is 38.3 Å². The smallest absolute Gasteiger partial charge is 0.417 e. The summed E-state index contributed by atoms with van der Waals surface area (Å²) in [6, 6.07) is 7.66. The summed E-state index contributed by atoms with van der Waals surface area (Å²) in [5.41, 5.74) is -1.000. The van der Waals surface area contributed by atoms with Crippen molar-refractivity contribution < 1.29 is 28.7 Å². The minimum absolute atomic E-state index is 0.113. The topological polar surface area (TPSA) is 114 Å². The second kappa shape index (κ2) is 11.4. The Morgan fingerprint density at radius 3 is 2.40 bits per heavy atom. The summed E-state index contributed by atoms with van der Waals surface area (Å²) in [6.07, 6.45) is 0.0522. The molecule has 1 saturated heterocycles. The summed E-state index contributed by atoms with van der Waals surface area (Å²) in [5, 5.41) is 5.33. The summed E-state index contributed by atoms with van der Waals surface area (Å²) in [6.45, 7) is 2.43. The van der Waals surface area contributed by atoms with Crippen molar-refractivity contribution in [2.75, 3.05) is 32.1 Å². The van der Waals surface area contributed by atoms with Crippen molar-refractivity contribution in [2.24, 2.45) is 0 Å². The lowest BCUT2D eigenvalue weighted by molar-refractivity contribution is -0.152. The van der Waals surface area contributed by atoms with Crippen LogP contribution in [0.3, 0.4) is 0 Å². The van der Waals surface area contributed by atoms with Crippen LogP contribution < -0.4 is 10.6 Å². The van der Waals surface area contributed by atoms with Crippen LogP contribution in [0.5, 0.6) is 0 Å². The van der Waals surface area contributed by atoms with E-state index in [-0.39, 0.29) is 38.1 Å². The molecule has 9 nitrogen and oxygen atoms in total. The number of alkyl halides is 1. The lowest BCUT2D eigenvalue weighted by Crippen LogP contribution is -2.62. The fourth-order valence-electron chi connectivity index (χ4n) is 3.03. The van der Waals surface area contributed by atoms with E-state index < -0.39 is 29.6 Å². The molecule has 0 aliphatic carbocycles. The second-order valence-corrected chi connectivity index (χ2v) is 7.11. The highest BCUT2D eigenvalue weighted by molar-refractivity contribution is 6.17. The maximum absolute atomic E-state index is 12.6. The van der Waals surface area contributed by atoms with Crippen LogP contribution in [0.1, 0.15) is 36.5 Å². The zero-order valence-electron chi connectivity index (χ0n) is 16.8. The molecule has 1 aromatic carbocycles. The van der Waals surface area contributed by atoms with Crippen molar-refractivity contribution in [2.45, 2.75) is 31.7 Å². The van der Waals surface area contributed by atoms with Gasteiger partial charge in [0.05, 0.1) is 12.2 Å². The van der Waals surface area contributed by atoms with Gasteiger partial charge in [-0.1, -0.05) is 18.2 Å². The number of benzene rings is 1. The van der Waals surface area contributed by atoms with E-state index in [9.17, 15) is 19.2 Å². The highest BCUT2D eigenvalue weighted by Gasteiger charge is 2.45. The summed E-state index contributed by atoms with van der Waals surface area (Å²) in [4.78, 5) is 50.5. The maximum atomic E-state index is 12.6. The highest BCUT2D eigenvalue weighted by Crippen LogP contribution is 2.25. The quantitative estimate of drug-likeness (QED) is 0.291. The van der Waals surface area contributed by atoms with E-state index >= 15 is 0 Å². The molecule has 1 aliphatic heterocycles. The minimum Gasteiger partial charge on any atom is -0.464 e. The summed E-state index contributed by atoms with van der Waals surface area (Å²) in [5.74, 6) is -0.910. The van der Waals surface area contributed by atoms with E-state index in [4.69, 9.17) is 21.1 Å². The van der Waals surface area contributed by atoms with Gasteiger partial charge in [0, 0.05) is 25.5 Å². The summed E-state index contributed by atoms with van der Waals surface area (Å²) >= 11 is 5.60. The van der Waals surface area contributed by atoms with E-state index in [0.717, 1.165) is 0 Å². The summed E-state index contributed by atoms with van der Waals surface area (Å²) < 4.78 is 10.1. The molecule has 0 aromatic heterocycles. The molecule has 164 valence electrons. The largest absolute Gasteiger partial charge is 0.464 e. The number of piperidine rings is 1. The van der Waals surface area contributed by atoms with Gasteiger partial charge in [-0.25, -0.2) is 19.2 Å². The number of amides is 3. The van der Waals surface area contributed by atoms with Crippen molar-refractivity contribution in [3.8, 4) is 0 Å². The SMILES string of the molecule is CCOC(=O)C1(NC(=O)NCCCCl)CCN(C(=O)OC(=O)c2ccccc2)CC1. The monoisotopic (exact) mass is 439 g/mol. The molecule has 0 saturated carbocycles. The Hall–Kier alpha value is -2.81. The van der Waals surface area contributed by atoms with Gasteiger partial charge in [-0.3, -0.25) is 0 Å². The third kappa shape index (κ3) is 6.35. The van der Waals surface area contributed by atoms with Gasteiger partial charge in [0.1, 0.15) is 5.54 Å². The number of ether oxygens (including phenoxy) is 2. The number of carbonyl (C=O) groups is 4. The first-order chi connectivity index (χ1) is 14.4. The average Bonchev–Trinajstić information content (AvgIpc) is 2.75. The first kappa shape index (κ1) is 23.5. The molecule has 0 radical (unpaired) electrons. The van der Waals surface area contributed by atoms with E-state index in [0.29, 0.717) is 18.8 Å². The Bertz CT molecular complexity index is 750. The minimum atomic E-state index is -1.26. The molecule has 0 spiro atoms. The van der Waals surface area contributed by atoms with Crippen molar-refractivity contribution >= 4 is 35.7 Å². The average molecular weight is 440 g/mol. The Kier molecular flexibility index (Phi) is 8.91. The highest BCUT2D eigenvalue weighted by atomic mass is 35.5. The van der Waals surface area contributed by atoms with Crippen LogP contribution in [0.2, 0.25) is 0 Å². The summed E-state index contributed by atoms with van der Waals surface area (Å²) in [7, 11) is 0. The van der Waals surface area contributed by atoms with Gasteiger partial charge in [0.25, 0.3) is 0 Å². The molecule has 2 N–H and O–H groups in total. The Morgan fingerprint density at radius 2 is 1.80 bits per heavy atom. The van der Waals surface area contributed by atoms with Crippen LogP contribution >= 0.6 is 11.6 Å². The fraction of sp³-hybridized carbons (Fsp3) is 0.500. The van der Waals surface area contributed by atoms with E-state index in [1.165, 1.54) is 4.90 Å². The van der Waals surface area contributed by atoms with Crippen molar-refractivity contribution in [3.63, 3.8) is 0 Å². The molecule has 0 bridgehead atoms. The Balaban J connectivity index is 1.97. The predicted octanol–water partition coefficient (Wildman–Crippen LogP) is 2.29. The molecule has 1 heterocycles. The van der Waals surface area contributed by atoms with Crippen LogP contribution in [0, 0.1) is 0 Å². The molecular weight excluding hydrogens is 414 g/mol. The molecular formula is C20H26ClN3O6. The maximum Gasteiger partial charge on any atom is 0.417 e. The van der Waals surface area contributed by atoms with Gasteiger partial charge in [-0.15, -0.1) is 11.6 Å². The molecule has 1 fully saturated rings. The van der Waals surface area contributed by atoms with Gasteiger partial charge in [0.2, 0.25) is 0 Å². The lowest BCUT2D eigenvalue weighted by Gasteiger charge is -2.39. The van der Waals surface area contributed by atoms with Crippen molar-refractivity contribution in [1.82, 2.24) is 15.5 Å². The Labute approximate surface area is 180 Å². The number of likely N-dealkylation sites (tertiary alicyclic amines) is 1. The van der Waals surface area contributed by atoms with E-state index in [2.05, 4.69) is 10.6 Å². The normalized spacial score (nSPS) is 15.1. The number of urea groups is 1. The molecule has 30 heavy (non-hydrogen) atoms. The number of hydrogen-bond donors (Lipinski definition) is 2. The molecule has 2 rings (SSSR count). The number of esters is 2. The van der Waals surface area contributed by atoms with Crippen molar-refractivity contribution in [1.29, 1.82) is 0 Å². The molecule has 3 amide bonds. The van der Waals surface area contributed by atoms with Crippen LogP contribution in [0.15, 0.2) is 30.3 Å².